The summed E-state index contributed by atoms with van der Waals surface area (Å²) in [5, 5.41) is 2.95. The first-order valence-corrected chi connectivity index (χ1v) is 14.5. The lowest BCUT2D eigenvalue weighted by molar-refractivity contribution is -0.140. The number of methoxy groups -OCH3 is 1. The molecule has 11 heteroatoms. The topological polar surface area (TPSA) is 114 Å². The standard InChI is InChI=1S/C27H37N3O7S/c1-6-19(3)28-27(32)23(7-2)29(17-20-9-8-10-22(15-20)35-4)26(31)18-30(38(5,33)34)21-11-12-24-25(16-21)37-14-13-36-24/h8-12,15-16,19,23H,6-7,13-14,17-18H2,1-5H3,(H,28,32)/t19-,23-/m1/s1. The summed E-state index contributed by atoms with van der Waals surface area (Å²) >= 11 is 0. The van der Waals surface area contributed by atoms with E-state index in [-0.39, 0.29) is 24.2 Å². The average molecular weight is 548 g/mol. The molecule has 38 heavy (non-hydrogen) atoms. The van der Waals surface area contributed by atoms with Crippen molar-refractivity contribution in [1.82, 2.24) is 10.2 Å². The van der Waals surface area contributed by atoms with Gasteiger partial charge in [-0.2, -0.15) is 0 Å². The zero-order chi connectivity index (χ0) is 27.9. The van der Waals surface area contributed by atoms with Gasteiger partial charge in [-0.05, 0) is 49.6 Å². The van der Waals surface area contributed by atoms with E-state index in [9.17, 15) is 18.0 Å². The van der Waals surface area contributed by atoms with Crippen LogP contribution in [0.3, 0.4) is 0 Å². The SMILES string of the molecule is CC[C@@H](C)NC(=O)[C@@H](CC)N(Cc1cccc(OC)c1)C(=O)CN(c1ccc2c(c1)OCCO2)S(C)(=O)=O. The van der Waals surface area contributed by atoms with Gasteiger partial charge < -0.3 is 24.4 Å². The Morgan fingerprint density at radius 2 is 1.76 bits per heavy atom. The summed E-state index contributed by atoms with van der Waals surface area (Å²) in [6.07, 6.45) is 2.12. The van der Waals surface area contributed by atoms with E-state index < -0.39 is 28.5 Å². The molecule has 1 N–H and O–H groups in total. The second-order valence-electron chi connectivity index (χ2n) is 9.21. The van der Waals surface area contributed by atoms with Crippen LogP contribution in [0.25, 0.3) is 0 Å². The quantitative estimate of drug-likeness (QED) is 0.435. The summed E-state index contributed by atoms with van der Waals surface area (Å²) in [5.74, 6) is 0.721. The second kappa shape index (κ2) is 12.9. The predicted molar refractivity (Wildman–Crippen MR) is 145 cm³/mol. The molecule has 0 saturated heterocycles. The van der Waals surface area contributed by atoms with Crippen molar-refractivity contribution in [1.29, 1.82) is 0 Å². The van der Waals surface area contributed by atoms with Gasteiger partial charge in [-0.1, -0.05) is 26.0 Å². The van der Waals surface area contributed by atoms with E-state index >= 15 is 0 Å². The van der Waals surface area contributed by atoms with Gasteiger partial charge in [-0.25, -0.2) is 8.42 Å². The fourth-order valence-electron chi connectivity index (χ4n) is 4.13. The number of anilines is 1. The molecule has 2 aromatic carbocycles. The van der Waals surface area contributed by atoms with Crippen LogP contribution >= 0.6 is 0 Å². The highest BCUT2D eigenvalue weighted by atomic mass is 32.2. The maximum Gasteiger partial charge on any atom is 0.244 e. The van der Waals surface area contributed by atoms with E-state index in [0.717, 1.165) is 22.5 Å². The molecule has 1 heterocycles. The predicted octanol–water partition coefficient (Wildman–Crippen LogP) is 2.95. The number of rotatable bonds is 12. The van der Waals surface area contributed by atoms with Crippen molar-refractivity contribution in [2.45, 2.75) is 52.2 Å². The van der Waals surface area contributed by atoms with Gasteiger partial charge in [0.2, 0.25) is 21.8 Å². The number of amides is 2. The molecule has 0 spiro atoms. The fraction of sp³-hybridized carbons (Fsp3) is 0.481. The van der Waals surface area contributed by atoms with Gasteiger partial charge in [0.05, 0.1) is 19.1 Å². The minimum Gasteiger partial charge on any atom is -0.497 e. The fourth-order valence-corrected chi connectivity index (χ4v) is 4.97. The Morgan fingerprint density at radius 1 is 1.05 bits per heavy atom. The number of ether oxygens (including phenoxy) is 3. The molecule has 2 aromatic rings. The molecule has 0 saturated carbocycles. The monoisotopic (exact) mass is 547 g/mol. The number of carbonyl (C=O) groups is 2. The number of sulfonamides is 1. The van der Waals surface area contributed by atoms with Crippen molar-refractivity contribution in [3.05, 3.63) is 48.0 Å². The van der Waals surface area contributed by atoms with Crippen molar-refractivity contribution < 1.29 is 32.2 Å². The highest BCUT2D eigenvalue weighted by Gasteiger charge is 2.32. The van der Waals surface area contributed by atoms with Gasteiger partial charge in [0.15, 0.2) is 11.5 Å². The molecular formula is C27H37N3O7S. The maximum atomic E-state index is 13.8. The van der Waals surface area contributed by atoms with Gasteiger partial charge in [-0.3, -0.25) is 13.9 Å². The Morgan fingerprint density at radius 3 is 2.39 bits per heavy atom. The zero-order valence-corrected chi connectivity index (χ0v) is 23.4. The first-order chi connectivity index (χ1) is 18.1. The molecule has 2 amide bonds. The summed E-state index contributed by atoms with van der Waals surface area (Å²) < 4.78 is 43.2. The van der Waals surface area contributed by atoms with Crippen LogP contribution in [0.5, 0.6) is 17.2 Å². The number of nitrogens with zero attached hydrogens (tertiary/aromatic N) is 2. The molecule has 1 aliphatic rings. The summed E-state index contributed by atoms with van der Waals surface area (Å²) in [4.78, 5) is 28.5. The number of fused-ring (bicyclic) bond motifs is 1. The molecule has 2 atom stereocenters. The van der Waals surface area contributed by atoms with Crippen LogP contribution < -0.4 is 23.8 Å². The molecule has 208 valence electrons. The van der Waals surface area contributed by atoms with Crippen LogP contribution in [0.15, 0.2) is 42.5 Å². The van der Waals surface area contributed by atoms with Crippen LogP contribution in [-0.2, 0) is 26.2 Å². The lowest BCUT2D eigenvalue weighted by atomic mass is 10.1. The highest BCUT2D eigenvalue weighted by Crippen LogP contribution is 2.34. The average Bonchev–Trinajstić information content (AvgIpc) is 2.90. The Hall–Kier alpha value is -3.47. The van der Waals surface area contributed by atoms with Gasteiger partial charge >= 0.3 is 0 Å². The van der Waals surface area contributed by atoms with Gasteiger partial charge in [0, 0.05) is 18.7 Å². The number of hydrogen-bond donors (Lipinski definition) is 1. The largest absolute Gasteiger partial charge is 0.497 e. The third-order valence-corrected chi connectivity index (χ3v) is 7.51. The van der Waals surface area contributed by atoms with Crippen LogP contribution in [0.4, 0.5) is 5.69 Å². The second-order valence-corrected chi connectivity index (χ2v) is 11.1. The lowest BCUT2D eigenvalue weighted by Gasteiger charge is -2.33. The molecule has 0 aromatic heterocycles. The van der Waals surface area contributed by atoms with Gasteiger partial charge in [0.1, 0.15) is 31.5 Å². The van der Waals surface area contributed by atoms with Crippen molar-refractivity contribution in [3.63, 3.8) is 0 Å². The molecule has 0 fully saturated rings. The summed E-state index contributed by atoms with van der Waals surface area (Å²) in [5.41, 5.74) is 1.02. The molecule has 3 rings (SSSR count). The number of carbonyl (C=O) groups excluding carboxylic acids is 2. The molecule has 10 nitrogen and oxygen atoms in total. The maximum absolute atomic E-state index is 13.8. The van der Waals surface area contributed by atoms with E-state index in [1.54, 1.807) is 43.5 Å². The molecule has 0 radical (unpaired) electrons. The number of hydrogen-bond acceptors (Lipinski definition) is 7. The smallest absolute Gasteiger partial charge is 0.244 e. The van der Waals surface area contributed by atoms with Crippen LogP contribution in [0, 0.1) is 0 Å². The lowest BCUT2D eigenvalue weighted by Crippen LogP contribution is -2.53. The van der Waals surface area contributed by atoms with Gasteiger partial charge in [0.25, 0.3) is 0 Å². The van der Waals surface area contributed by atoms with Gasteiger partial charge in [-0.15, -0.1) is 0 Å². The summed E-state index contributed by atoms with van der Waals surface area (Å²) in [6.45, 7) is 6.02. The minimum atomic E-state index is -3.86. The Labute approximate surface area is 224 Å². The normalized spacial score (nSPS) is 14.2. The van der Waals surface area contributed by atoms with E-state index in [4.69, 9.17) is 14.2 Å². The van der Waals surface area contributed by atoms with Crippen LogP contribution in [0.1, 0.15) is 39.2 Å². The minimum absolute atomic E-state index is 0.0736. The summed E-state index contributed by atoms with van der Waals surface area (Å²) in [7, 11) is -2.31. The van der Waals surface area contributed by atoms with Crippen molar-refractivity contribution in [3.8, 4) is 17.2 Å². The molecule has 0 unspecified atom stereocenters. The first-order valence-electron chi connectivity index (χ1n) is 12.7. The molecule has 0 bridgehead atoms. The van der Waals surface area contributed by atoms with Crippen molar-refractivity contribution in [2.24, 2.45) is 0 Å². The van der Waals surface area contributed by atoms with Crippen molar-refractivity contribution >= 4 is 27.5 Å². The molecule has 1 aliphatic heterocycles. The Kier molecular flexibility index (Phi) is 9.84. The molecular weight excluding hydrogens is 510 g/mol. The van der Waals surface area contributed by atoms with E-state index in [1.807, 2.05) is 26.8 Å². The first kappa shape index (κ1) is 29.1. The van der Waals surface area contributed by atoms with Crippen LogP contribution in [0.2, 0.25) is 0 Å². The van der Waals surface area contributed by atoms with Crippen LogP contribution in [-0.4, -0.2) is 70.3 Å². The van der Waals surface area contributed by atoms with E-state index in [2.05, 4.69) is 5.32 Å². The highest BCUT2D eigenvalue weighted by molar-refractivity contribution is 7.92. The number of benzene rings is 2. The third kappa shape index (κ3) is 7.31. The Bertz CT molecular complexity index is 1230. The van der Waals surface area contributed by atoms with E-state index in [0.29, 0.717) is 36.9 Å². The summed E-state index contributed by atoms with van der Waals surface area (Å²) in [6, 6.07) is 11.1. The zero-order valence-electron chi connectivity index (χ0n) is 22.6. The van der Waals surface area contributed by atoms with Crippen molar-refractivity contribution in [2.75, 3.05) is 37.4 Å². The van der Waals surface area contributed by atoms with E-state index in [1.165, 1.54) is 4.90 Å². The Balaban J connectivity index is 1.96. The molecule has 0 aliphatic carbocycles. The number of nitrogens with one attached hydrogen (secondary N) is 1. The third-order valence-electron chi connectivity index (χ3n) is 6.37.